The Morgan fingerprint density at radius 2 is 2.12 bits per heavy atom. The third-order valence-corrected chi connectivity index (χ3v) is 4.41. The zero-order valence-corrected chi connectivity index (χ0v) is 11.1. The maximum Gasteiger partial charge on any atom is 0.113 e. The molecule has 1 aliphatic heterocycles. The van der Waals surface area contributed by atoms with Gasteiger partial charge in [-0.25, -0.2) is 4.98 Å². The average Bonchev–Trinajstić information content (AvgIpc) is 2.80. The Morgan fingerprint density at radius 3 is 2.62 bits per heavy atom. The third-order valence-electron chi connectivity index (χ3n) is 3.35. The largest absolute Gasteiger partial charge is 0.381 e. The predicted octanol–water partition coefficient (Wildman–Crippen LogP) is 2.49. The topological polar surface area (TPSA) is 34.2 Å². The Morgan fingerprint density at radius 1 is 1.44 bits per heavy atom. The van der Waals surface area contributed by atoms with Gasteiger partial charge in [0.1, 0.15) is 5.01 Å². The number of nitrogens with zero attached hydrogens (tertiary/aromatic N) is 1. The van der Waals surface area contributed by atoms with Gasteiger partial charge >= 0.3 is 0 Å². The highest BCUT2D eigenvalue weighted by molar-refractivity contribution is 7.09. The summed E-state index contributed by atoms with van der Waals surface area (Å²) in [5, 5.41) is 6.87. The third kappa shape index (κ3) is 2.14. The van der Waals surface area contributed by atoms with Gasteiger partial charge in [0.2, 0.25) is 0 Å². The first-order valence-electron chi connectivity index (χ1n) is 5.90. The van der Waals surface area contributed by atoms with Gasteiger partial charge in [0.15, 0.2) is 0 Å². The zero-order valence-electron chi connectivity index (χ0n) is 10.2. The zero-order chi connectivity index (χ0) is 11.6. The van der Waals surface area contributed by atoms with Crippen LogP contribution < -0.4 is 5.32 Å². The standard InChI is InChI=1S/C12H20N2OS/c1-9(2)10-8-16-11(14-10)12(13-3)4-6-15-7-5-12/h8-9,13H,4-7H2,1-3H3. The van der Waals surface area contributed by atoms with Crippen LogP contribution >= 0.6 is 11.3 Å². The first-order chi connectivity index (χ1) is 7.68. The Balaban J connectivity index is 2.25. The van der Waals surface area contributed by atoms with Gasteiger partial charge in [-0.05, 0) is 25.8 Å². The van der Waals surface area contributed by atoms with Crippen molar-refractivity contribution >= 4 is 11.3 Å². The molecule has 0 aliphatic carbocycles. The van der Waals surface area contributed by atoms with Gasteiger partial charge in [0, 0.05) is 18.6 Å². The molecule has 2 rings (SSSR count). The number of aromatic nitrogens is 1. The second-order valence-electron chi connectivity index (χ2n) is 4.68. The van der Waals surface area contributed by atoms with Gasteiger partial charge in [0.25, 0.3) is 0 Å². The summed E-state index contributed by atoms with van der Waals surface area (Å²) in [6.07, 6.45) is 2.04. The molecule has 0 saturated carbocycles. The van der Waals surface area contributed by atoms with Crippen LogP contribution in [-0.4, -0.2) is 25.2 Å². The lowest BCUT2D eigenvalue weighted by atomic mass is 9.91. The van der Waals surface area contributed by atoms with Crippen LogP contribution in [0.5, 0.6) is 0 Å². The normalized spacial score (nSPS) is 20.2. The molecule has 0 aromatic carbocycles. The summed E-state index contributed by atoms with van der Waals surface area (Å²) in [5.41, 5.74) is 1.26. The Bertz CT molecular complexity index is 343. The fraction of sp³-hybridized carbons (Fsp3) is 0.750. The molecular weight excluding hydrogens is 220 g/mol. The molecule has 16 heavy (non-hydrogen) atoms. The SMILES string of the molecule is CNC1(c2nc(C(C)C)cs2)CCOCC1. The van der Waals surface area contributed by atoms with Crippen molar-refractivity contribution in [3.63, 3.8) is 0 Å². The molecule has 1 aromatic heterocycles. The highest BCUT2D eigenvalue weighted by atomic mass is 32.1. The minimum Gasteiger partial charge on any atom is -0.381 e. The van der Waals surface area contributed by atoms with E-state index in [2.05, 4.69) is 24.5 Å². The maximum absolute atomic E-state index is 5.44. The molecular formula is C12H20N2OS. The van der Waals surface area contributed by atoms with E-state index in [4.69, 9.17) is 9.72 Å². The summed E-state index contributed by atoms with van der Waals surface area (Å²) in [4.78, 5) is 4.78. The van der Waals surface area contributed by atoms with Crippen molar-refractivity contribution in [2.75, 3.05) is 20.3 Å². The van der Waals surface area contributed by atoms with Crippen LogP contribution in [0.15, 0.2) is 5.38 Å². The molecule has 1 aromatic rings. The van der Waals surface area contributed by atoms with Crippen LogP contribution in [0.2, 0.25) is 0 Å². The van der Waals surface area contributed by atoms with E-state index in [0.29, 0.717) is 5.92 Å². The summed E-state index contributed by atoms with van der Waals surface area (Å²) < 4.78 is 5.44. The lowest BCUT2D eigenvalue weighted by Gasteiger charge is -2.35. The molecule has 0 spiro atoms. The maximum atomic E-state index is 5.44. The molecule has 0 unspecified atom stereocenters. The van der Waals surface area contributed by atoms with Crippen molar-refractivity contribution in [1.29, 1.82) is 0 Å². The highest BCUT2D eigenvalue weighted by Gasteiger charge is 2.35. The highest BCUT2D eigenvalue weighted by Crippen LogP contribution is 2.34. The molecule has 2 heterocycles. The van der Waals surface area contributed by atoms with E-state index in [1.54, 1.807) is 11.3 Å². The van der Waals surface area contributed by atoms with Crippen LogP contribution in [0.3, 0.4) is 0 Å². The summed E-state index contributed by atoms with van der Waals surface area (Å²) in [6.45, 7) is 6.04. The fourth-order valence-electron chi connectivity index (χ4n) is 2.06. The number of hydrogen-bond acceptors (Lipinski definition) is 4. The van der Waals surface area contributed by atoms with E-state index in [0.717, 1.165) is 26.1 Å². The van der Waals surface area contributed by atoms with Crippen molar-refractivity contribution in [1.82, 2.24) is 10.3 Å². The van der Waals surface area contributed by atoms with Gasteiger partial charge in [0.05, 0.1) is 11.2 Å². The monoisotopic (exact) mass is 240 g/mol. The summed E-state index contributed by atoms with van der Waals surface area (Å²) in [7, 11) is 2.03. The van der Waals surface area contributed by atoms with Crippen LogP contribution in [0.4, 0.5) is 0 Å². The van der Waals surface area contributed by atoms with Crippen LogP contribution in [0.1, 0.15) is 43.3 Å². The molecule has 0 bridgehead atoms. The fourth-order valence-corrected chi connectivity index (χ4v) is 3.31. The number of thiazole rings is 1. The van der Waals surface area contributed by atoms with E-state index in [-0.39, 0.29) is 5.54 Å². The van der Waals surface area contributed by atoms with E-state index >= 15 is 0 Å². The van der Waals surface area contributed by atoms with Crippen molar-refractivity contribution in [3.8, 4) is 0 Å². The Hall–Kier alpha value is -0.450. The average molecular weight is 240 g/mol. The predicted molar refractivity (Wildman–Crippen MR) is 67.0 cm³/mol. The Labute approximate surface area is 101 Å². The smallest absolute Gasteiger partial charge is 0.113 e. The van der Waals surface area contributed by atoms with Gasteiger partial charge < -0.3 is 10.1 Å². The second kappa shape index (κ2) is 4.82. The van der Waals surface area contributed by atoms with Gasteiger partial charge in [-0.15, -0.1) is 11.3 Å². The molecule has 90 valence electrons. The van der Waals surface area contributed by atoms with Gasteiger partial charge in [-0.3, -0.25) is 0 Å². The molecule has 4 heteroatoms. The molecule has 0 amide bonds. The summed E-state index contributed by atoms with van der Waals surface area (Å²) in [6, 6.07) is 0. The number of rotatable bonds is 3. The van der Waals surface area contributed by atoms with Gasteiger partial charge in [-0.2, -0.15) is 0 Å². The van der Waals surface area contributed by atoms with Crippen LogP contribution in [0.25, 0.3) is 0 Å². The van der Waals surface area contributed by atoms with Crippen molar-refractivity contribution in [2.24, 2.45) is 0 Å². The van der Waals surface area contributed by atoms with Gasteiger partial charge in [-0.1, -0.05) is 13.8 Å². The van der Waals surface area contributed by atoms with E-state index in [1.807, 2.05) is 7.05 Å². The molecule has 1 aliphatic rings. The minimum absolute atomic E-state index is 0.0516. The number of ether oxygens (including phenoxy) is 1. The van der Waals surface area contributed by atoms with Crippen molar-refractivity contribution in [3.05, 3.63) is 16.1 Å². The number of hydrogen-bond donors (Lipinski definition) is 1. The molecule has 0 radical (unpaired) electrons. The van der Waals surface area contributed by atoms with Crippen LogP contribution in [-0.2, 0) is 10.3 Å². The Kier molecular flexibility index (Phi) is 3.62. The molecule has 0 atom stereocenters. The van der Waals surface area contributed by atoms with Crippen molar-refractivity contribution < 1.29 is 4.74 Å². The lowest BCUT2D eigenvalue weighted by molar-refractivity contribution is 0.0397. The quantitative estimate of drug-likeness (QED) is 0.881. The van der Waals surface area contributed by atoms with E-state index < -0.39 is 0 Å². The first kappa shape index (κ1) is 12.0. The minimum atomic E-state index is 0.0516. The van der Waals surface area contributed by atoms with Crippen molar-refractivity contribution in [2.45, 2.75) is 38.1 Å². The second-order valence-corrected chi connectivity index (χ2v) is 5.53. The molecule has 1 fully saturated rings. The van der Waals surface area contributed by atoms with E-state index in [1.165, 1.54) is 10.7 Å². The first-order valence-corrected chi connectivity index (χ1v) is 6.78. The van der Waals surface area contributed by atoms with E-state index in [9.17, 15) is 0 Å². The molecule has 1 N–H and O–H groups in total. The molecule has 3 nitrogen and oxygen atoms in total. The molecule has 1 saturated heterocycles. The summed E-state index contributed by atoms with van der Waals surface area (Å²) >= 11 is 1.78. The summed E-state index contributed by atoms with van der Waals surface area (Å²) in [5.74, 6) is 0.513. The number of nitrogens with one attached hydrogen (secondary N) is 1. The lowest BCUT2D eigenvalue weighted by Crippen LogP contribution is -2.44. The van der Waals surface area contributed by atoms with Crippen LogP contribution in [0, 0.1) is 0 Å².